The lowest BCUT2D eigenvalue weighted by atomic mass is 9.72. The molecule has 0 saturated carbocycles. The van der Waals surface area contributed by atoms with Gasteiger partial charge in [0.2, 0.25) is 5.91 Å². The van der Waals surface area contributed by atoms with Crippen molar-refractivity contribution < 1.29 is 42.6 Å². The van der Waals surface area contributed by atoms with Crippen LogP contribution in [-0.2, 0) is 21.4 Å². The van der Waals surface area contributed by atoms with E-state index in [0.717, 1.165) is 66.3 Å². The number of carbonyl (C=O) groups excluding carboxylic acids is 3. The largest absolute Gasteiger partial charge is 0.462 e. The number of hydrogen-bond donors (Lipinski definition) is 2. The summed E-state index contributed by atoms with van der Waals surface area (Å²) in [5.41, 5.74) is 3.65. The molecule has 1 aliphatic carbocycles. The Kier molecular flexibility index (Phi) is 18.2. The molecule has 4 fully saturated rings. The summed E-state index contributed by atoms with van der Waals surface area (Å²) in [6.45, 7) is 17.3. The molecule has 448 valence electrons. The highest BCUT2D eigenvalue weighted by atomic mass is 35.5. The van der Waals surface area contributed by atoms with Gasteiger partial charge in [-0.3, -0.25) is 24.0 Å². The number of piperazine rings is 1. The van der Waals surface area contributed by atoms with Crippen LogP contribution >= 0.6 is 11.6 Å². The van der Waals surface area contributed by atoms with Crippen LogP contribution in [0.25, 0.3) is 33.8 Å². The molecule has 6 atom stereocenters. The topological polar surface area (TPSA) is 211 Å². The molecule has 6 aromatic rings. The van der Waals surface area contributed by atoms with Gasteiger partial charge in [-0.1, -0.05) is 106 Å². The van der Waals surface area contributed by atoms with E-state index < -0.39 is 47.8 Å². The summed E-state index contributed by atoms with van der Waals surface area (Å²) in [5.74, 6) is -2.73. The van der Waals surface area contributed by atoms with Gasteiger partial charge < -0.3 is 39.1 Å². The minimum absolute atomic E-state index is 0.0447. The van der Waals surface area contributed by atoms with Gasteiger partial charge >= 0.3 is 6.01 Å². The van der Waals surface area contributed by atoms with Gasteiger partial charge in [-0.25, -0.2) is 8.78 Å². The number of hydrogen-bond acceptors (Lipinski definition) is 15. The third kappa shape index (κ3) is 12.4. The molecule has 0 unspecified atom stereocenters. The average molecular weight is 1180 g/mol. The first-order valence-electron chi connectivity index (χ1n) is 29.5. The molecule has 1 spiro atoms. The number of halogens is 3. The van der Waals surface area contributed by atoms with E-state index in [1.807, 2.05) is 112 Å². The number of aliphatic hydroxyl groups excluding tert-OH is 2. The number of rotatable bonds is 17. The van der Waals surface area contributed by atoms with Gasteiger partial charge in [0.15, 0.2) is 29.0 Å². The standard InChI is InChI=1S/C62H68ClF2N11O7.C2H6/c1-36(2)54(60(81)76-33-44(78)29-50(76)51(79)26-37(3)39-10-12-40(13-11-39)49-15-19-67-71(49)5)52-31-53(70-83-52)74-34-62(35-74)16-20-72(21-17-62)24-25-82-61-68-57-47(58(69-61)73-22-23-75(59(80)38(4)64)42(32-73)14-18-66)30-48(63)55(56(57)65)46-28-43(77)27-41-8-6-7-9-45(41)46;1-2/h6-13,15,19,27,30-31,36-37,42-44,50,54,77-78H,4,14,16-17,20-26,28-29,32-35H2,1-3,5H3;1-2H3/t37-,42+,43-,44-,50+,54-;/m1./s1. The molecule has 3 aromatic carbocycles. The maximum Gasteiger partial charge on any atom is 0.319 e. The highest BCUT2D eigenvalue weighted by Crippen LogP contribution is 2.44. The number of nitriles is 1. The number of anilines is 2. The molecule has 85 heavy (non-hydrogen) atoms. The van der Waals surface area contributed by atoms with Crippen LogP contribution in [0, 0.1) is 28.5 Å². The quantitative estimate of drug-likeness (QED) is 0.0851. The van der Waals surface area contributed by atoms with Crippen LogP contribution < -0.4 is 25.0 Å². The Bertz CT molecular complexity index is 3640. The molecule has 0 bridgehead atoms. The predicted octanol–water partition coefficient (Wildman–Crippen LogP) is 7.44. The Balaban J connectivity index is 0.00000397. The van der Waals surface area contributed by atoms with Gasteiger partial charge in [0.05, 0.1) is 47.5 Å². The van der Waals surface area contributed by atoms with Crippen molar-refractivity contribution in [1.82, 2.24) is 39.6 Å². The van der Waals surface area contributed by atoms with Crippen LogP contribution in [0.1, 0.15) is 102 Å². The Morgan fingerprint density at radius 2 is 1.71 bits per heavy atom. The zero-order chi connectivity index (χ0) is 60.4. The number of β-amino-alcohol motifs (C(OH)–C–C–N with tert-alkyl or cyclic N) is 1. The van der Waals surface area contributed by atoms with Crippen molar-refractivity contribution in [3.8, 4) is 23.3 Å². The number of likely N-dealkylation sites (tertiary alicyclic amines) is 2. The van der Waals surface area contributed by atoms with Crippen molar-refractivity contribution in [1.29, 1.82) is 5.26 Å². The number of amides is 2. The number of aromatic nitrogens is 5. The number of ketones is 1. The molecule has 4 saturated heterocycles. The van der Waals surface area contributed by atoms with E-state index in [0.29, 0.717) is 23.7 Å². The molecule has 0 radical (unpaired) electrons. The number of benzene rings is 3. The third-order valence-corrected chi connectivity index (χ3v) is 17.8. The number of fused-ring (bicyclic) bond motifs is 2. The van der Waals surface area contributed by atoms with Crippen molar-refractivity contribution in [3.63, 3.8) is 0 Å². The van der Waals surface area contributed by atoms with Crippen LogP contribution in [0.3, 0.4) is 0 Å². The first-order valence-corrected chi connectivity index (χ1v) is 29.9. The van der Waals surface area contributed by atoms with Crippen molar-refractivity contribution in [2.24, 2.45) is 18.4 Å². The third-order valence-electron chi connectivity index (χ3n) is 17.5. The minimum atomic E-state index is -1.13. The summed E-state index contributed by atoms with van der Waals surface area (Å²) >= 11 is 6.98. The number of nitrogens with zero attached hydrogens (tertiary/aromatic N) is 11. The maximum absolute atomic E-state index is 17.3. The molecular weight excluding hydrogens is 1110 g/mol. The fourth-order valence-corrected chi connectivity index (χ4v) is 13.3. The molecule has 11 rings (SSSR count). The molecule has 21 heteroatoms. The van der Waals surface area contributed by atoms with Crippen molar-refractivity contribution >= 4 is 63.4 Å². The molecule has 2 N–H and O–H groups in total. The highest BCUT2D eigenvalue weighted by Gasteiger charge is 2.47. The zero-order valence-corrected chi connectivity index (χ0v) is 49.8. The van der Waals surface area contributed by atoms with E-state index >= 15 is 4.39 Å². The fraction of sp³-hybridized carbons (Fsp3) is 0.469. The van der Waals surface area contributed by atoms with E-state index in [1.165, 1.54) is 4.90 Å². The van der Waals surface area contributed by atoms with Crippen molar-refractivity contribution in [3.05, 3.63) is 123 Å². The summed E-state index contributed by atoms with van der Waals surface area (Å²) in [6, 6.07) is 21.4. The monoisotopic (exact) mass is 1180 g/mol. The number of carbonyl (C=O) groups is 3. The van der Waals surface area contributed by atoms with E-state index in [1.54, 1.807) is 23.2 Å². The molecule has 5 aliphatic rings. The van der Waals surface area contributed by atoms with Gasteiger partial charge in [-0.2, -0.15) is 20.3 Å². The summed E-state index contributed by atoms with van der Waals surface area (Å²) in [5, 5.41) is 42.0. The second kappa shape index (κ2) is 25.6. The highest BCUT2D eigenvalue weighted by molar-refractivity contribution is 6.33. The average Bonchev–Trinajstić information content (AvgIpc) is 2.41. The molecule has 4 aliphatic heterocycles. The normalized spacial score (nSPS) is 21.0. The second-order valence-corrected chi connectivity index (χ2v) is 23.8. The number of aryl methyl sites for hydroxylation is 1. The zero-order valence-electron chi connectivity index (χ0n) is 49.1. The number of ether oxygens (including phenoxy) is 1. The lowest BCUT2D eigenvalue weighted by Crippen LogP contribution is -2.60. The molecule has 7 heterocycles. The van der Waals surface area contributed by atoms with E-state index in [4.69, 9.17) is 25.8 Å². The first kappa shape index (κ1) is 60.5. The molecular formula is C64H74ClF2N11O7. The van der Waals surface area contributed by atoms with Gasteiger partial charge in [0.1, 0.15) is 23.9 Å². The fourth-order valence-electron chi connectivity index (χ4n) is 13.0. The summed E-state index contributed by atoms with van der Waals surface area (Å²) in [4.78, 5) is 59.8. The van der Waals surface area contributed by atoms with Crippen molar-refractivity contribution in [2.45, 2.75) is 109 Å². The van der Waals surface area contributed by atoms with E-state index in [-0.39, 0.29) is 121 Å². The summed E-state index contributed by atoms with van der Waals surface area (Å²) in [7, 11) is 1.89. The maximum atomic E-state index is 17.3. The van der Waals surface area contributed by atoms with Gasteiger partial charge in [-0.05, 0) is 83.1 Å². The van der Waals surface area contributed by atoms with Crippen LogP contribution in [0.4, 0.5) is 20.4 Å². The summed E-state index contributed by atoms with van der Waals surface area (Å²) in [6.07, 6.45) is 4.04. The number of piperidine rings is 1. The Morgan fingerprint density at radius 3 is 2.40 bits per heavy atom. The Hall–Kier alpha value is -7.57. The van der Waals surface area contributed by atoms with E-state index in [9.17, 15) is 34.2 Å². The number of aliphatic hydroxyl groups is 2. The van der Waals surface area contributed by atoms with Crippen molar-refractivity contribution in [2.75, 3.05) is 75.3 Å². The SMILES string of the molecule is C=C(F)C(=O)N1CCN(c2nc(OCCN3CCC4(CC3)CN(c3cc([C@H](C(=O)N5C[C@H](O)C[C@H]5C(=O)C[C@@H](C)c5ccc(-c6ccnn6C)cc5)C(C)C)on3)C4)nc3c(F)c(C4=c5ccccc5=C[C@@H](O)C4)c(Cl)cc23)C[C@@H]1CC#N.CC. The van der Waals surface area contributed by atoms with Crippen LogP contribution in [0.2, 0.25) is 5.02 Å². The van der Waals surface area contributed by atoms with Crippen LogP contribution in [-0.4, -0.2) is 157 Å². The van der Waals surface area contributed by atoms with Crippen LogP contribution in [0.5, 0.6) is 6.01 Å². The predicted molar refractivity (Wildman–Crippen MR) is 320 cm³/mol. The smallest absolute Gasteiger partial charge is 0.319 e. The first-order chi connectivity index (χ1) is 40.9. The lowest BCUT2D eigenvalue weighted by Gasteiger charge is -2.54. The molecule has 2 amide bonds. The molecule has 18 nitrogen and oxygen atoms in total. The second-order valence-electron chi connectivity index (χ2n) is 23.4. The van der Waals surface area contributed by atoms with Gasteiger partial charge in [-0.15, -0.1) is 0 Å². The van der Waals surface area contributed by atoms with Gasteiger partial charge in [0.25, 0.3) is 5.91 Å². The van der Waals surface area contributed by atoms with Crippen LogP contribution in [0.15, 0.2) is 89.9 Å². The number of Topliss-reactive ketones (excluding diaryl/α,β-unsaturated/α-hetero) is 1. The Morgan fingerprint density at radius 1 is 0.965 bits per heavy atom. The summed E-state index contributed by atoms with van der Waals surface area (Å²) < 4.78 is 45.5. The van der Waals surface area contributed by atoms with Gasteiger partial charge in [0, 0.05) is 101 Å². The Labute approximate surface area is 498 Å². The minimum Gasteiger partial charge on any atom is -0.462 e. The lowest BCUT2D eigenvalue weighted by molar-refractivity contribution is -0.140. The molecule has 3 aromatic heterocycles. The van der Waals surface area contributed by atoms with E-state index in [2.05, 4.69) is 37.7 Å².